The number of aromatic nitrogens is 2. The molecule has 2 saturated carbocycles. The van der Waals surface area contributed by atoms with Crippen molar-refractivity contribution in [1.29, 1.82) is 0 Å². The van der Waals surface area contributed by atoms with Crippen molar-refractivity contribution in [3.05, 3.63) is 28.9 Å². The Kier molecular flexibility index (Phi) is 5.39. The van der Waals surface area contributed by atoms with Gasteiger partial charge in [0, 0.05) is 16.3 Å². The topological polar surface area (TPSA) is 128 Å². The van der Waals surface area contributed by atoms with E-state index >= 15 is 0 Å². The number of carbonyl (C=O) groups excluding carboxylic acids is 2. The van der Waals surface area contributed by atoms with Gasteiger partial charge in [0.2, 0.25) is 5.54 Å². The van der Waals surface area contributed by atoms with Crippen molar-refractivity contribution >= 4 is 34.4 Å². The van der Waals surface area contributed by atoms with E-state index in [1.807, 2.05) is 0 Å². The van der Waals surface area contributed by atoms with Crippen LogP contribution in [0.15, 0.2) is 18.3 Å². The van der Waals surface area contributed by atoms with Crippen LogP contribution in [0.2, 0.25) is 5.02 Å². The molecule has 4 rings (SSSR count). The van der Waals surface area contributed by atoms with Crippen LogP contribution in [0.25, 0.3) is 10.9 Å². The highest BCUT2D eigenvalue weighted by Crippen LogP contribution is 2.67. The molecule has 8 nitrogen and oxygen atoms in total. The molecule has 1 heterocycles. The van der Waals surface area contributed by atoms with Crippen molar-refractivity contribution < 1.29 is 24.2 Å². The van der Waals surface area contributed by atoms with Gasteiger partial charge in [-0.1, -0.05) is 11.6 Å². The summed E-state index contributed by atoms with van der Waals surface area (Å²) in [5.41, 5.74) is 3.22. The molecule has 2 aromatic rings. The fraction of sp³-hybridized carbons (Fsp3) is 0.625. The normalized spacial score (nSPS) is 27.4. The number of nitrogens with two attached hydrogens (primary N) is 1. The first-order chi connectivity index (χ1) is 15.1. The summed E-state index contributed by atoms with van der Waals surface area (Å²) < 4.78 is 11.1. The number of nitrogens with zero attached hydrogens (tertiary/aromatic N) is 1. The zero-order valence-electron chi connectivity index (χ0n) is 19.9. The van der Waals surface area contributed by atoms with E-state index in [1.54, 1.807) is 59.9 Å². The van der Waals surface area contributed by atoms with Gasteiger partial charge in [0.1, 0.15) is 11.2 Å². The second kappa shape index (κ2) is 7.42. The Labute approximate surface area is 198 Å². The highest BCUT2D eigenvalue weighted by molar-refractivity contribution is 6.31. The van der Waals surface area contributed by atoms with Crippen LogP contribution in [-0.4, -0.2) is 44.0 Å². The highest BCUT2D eigenvalue weighted by Gasteiger charge is 2.73. The fourth-order valence-corrected chi connectivity index (χ4v) is 5.46. The molecule has 1 aromatic heterocycles. The summed E-state index contributed by atoms with van der Waals surface area (Å²) in [6.45, 7) is 10.3. The number of aliphatic hydroxyl groups is 1. The minimum Gasteiger partial charge on any atom is -0.458 e. The average molecular weight is 478 g/mol. The number of carbonyl (C=O) groups is 2. The lowest BCUT2D eigenvalue weighted by Crippen LogP contribution is -2.61. The molecule has 0 aliphatic heterocycles. The number of rotatable bonds is 4. The van der Waals surface area contributed by atoms with Crippen LogP contribution in [0.3, 0.4) is 0 Å². The summed E-state index contributed by atoms with van der Waals surface area (Å²) in [5.74, 6) is -2.36. The average Bonchev–Trinajstić information content (AvgIpc) is 3.00. The highest BCUT2D eigenvalue weighted by atomic mass is 35.5. The van der Waals surface area contributed by atoms with Crippen LogP contribution in [0.5, 0.6) is 0 Å². The van der Waals surface area contributed by atoms with Crippen molar-refractivity contribution in [2.45, 2.75) is 76.7 Å². The Morgan fingerprint density at radius 2 is 1.61 bits per heavy atom. The maximum atomic E-state index is 13.2. The van der Waals surface area contributed by atoms with E-state index in [4.69, 9.17) is 26.8 Å². The van der Waals surface area contributed by atoms with E-state index in [1.165, 1.54) is 0 Å². The van der Waals surface area contributed by atoms with Gasteiger partial charge in [0.15, 0.2) is 0 Å². The zero-order chi connectivity index (χ0) is 24.6. The van der Waals surface area contributed by atoms with Gasteiger partial charge in [-0.15, -0.1) is 0 Å². The summed E-state index contributed by atoms with van der Waals surface area (Å²) in [7, 11) is 0. The third-order valence-corrected chi connectivity index (χ3v) is 6.72. The maximum absolute atomic E-state index is 13.2. The van der Waals surface area contributed by atoms with Gasteiger partial charge < -0.3 is 20.3 Å². The minimum atomic E-state index is -1.95. The Morgan fingerprint density at radius 1 is 1.09 bits per heavy atom. The lowest BCUT2D eigenvalue weighted by molar-refractivity contribution is -0.179. The van der Waals surface area contributed by atoms with Crippen molar-refractivity contribution in [3.63, 3.8) is 0 Å². The van der Waals surface area contributed by atoms with Gasteiger partial charge in [-0.3, -0.25) is 5.10 Å². The predicted octanol–water partition coefficient (Wildman–Crippen LogP) is 3.44. The Hall–Kier alpha value is -2.16. The first-order valence-corrected chi connectivity index (χ1v) is 11.5. The third kappa shape index (κ3) is 4.24. The van der Waals surface area contributed by atoms with E-state index in [-0.39, 0.29) is 11.8 Å². The molecular weight excluding hydrogens is 446 g/mol. The van der Waals surface area contributed by atoms with E-state index in [0.717, 1.165) is 10.9 Å². The second-order valence-corrected chi connectivity index (χ2v) is 11.9. The van der Waals surface area contributed by atoms with Crippen LogP contribution < -0.4 is 5.73 Å². The largest absolute Gasteiger partial charge is 0.458 e. The number of esters is 2. The number of aromatic amines is 1. The number of nitrogens with one attached hydrogen (secondary N) is 1. The van der Waals surface area contributed by atoms with Crippen molar-refractivity contribution in [2.24, 2.45) is 23.5 Å². The number of fused-ring (bicyclic) bond motifs is 2. The zero-order valence-corrected chi connectivity index (χ0v) is 20.6. The molecule has 180 valence electrons. The quantitative estimate of drug-likeness (QED) is 0.454. The first kappa shape index (κ1) is 24.0. The molecule has 0 amide bonds. The van der Waals surface area contributed by atoms with Gasteiger partial charge in [0.25, 0.3) is 0 Å². The molecule has 2 aliphatic rings. The Balaban J connectivity index is 1.63. The number of hydrogen-bond acceptors (Lipinski definition) is 7. The third-order valence-electron chi connectivity index (χ3n) is 6.50. The fourth-order valence-electron chi connectivity index (χ4n) is 5.24. The first-order valence-electron chi connectivity index (χ1n) is 11.2. The number of hydrogen-bond donors (Lipinski definition) is 3. The van der Waals surface area contributed by atoms with E-state index in [9.17, 15) is 14.7 Å². The number of H-pyrrole nitrogens is 1. The van der Waals surface area contributed by atoms with Crippen molar-refractivity contribution in [2.75, 3.05) is 0 Å². The molecule has 0 spiro atoms. The number of halogens is 1. The summed E-state index contributed by atoms with van der Waals surface area (Å²) in [6, 6.07) is 3.50. The maximum Gasteiger partial charge on any atom is 0.338 e. The van der Waals surface area contributed by atoms with E-state index in [0.29, 0.717) is 23.4 Å². The Bertz CT molecular complexity index is 1070. The van der Waals surface area contributed by atoms with Gasteiger partial charge in [-0.25, -0.2) is 9.59 Å². The molecule has 0 bridgehead atoms. The Morgan fingerprint density at radius 3 is 2.09 bits per heavy atom. The van der Waals surface area contributed by atoms with Crippen molar-refractivity contribution in [1.82, 2.24) is 10.2 Å². The molecule has 9 heteroatoms. The lowest BCUT2D eigenvalue weighted by atomic mass is 9.80. The standard InChI is InChI=1S/C24H32ClN3O5/c1-21(2,3)32-19(29)24(26,20(30)33-22(4,5)6)18-13-9-23(31,10-14(13)18)16-7-12(25)8-17-15(16)11-27-28-17/h7-8,11,13-14,18,31H,9-10,26H2,1-6H3,(H,27,28). The SMILES string of the molecule is CC(C)(C)OC(=O)C(N)(C(=O)OC(C)(C)C)C1C2CC(O)(c3cc(Cl)cc4[nH]ncc34)CC21. The van der Waals surface area contributed by atoms with E-state index in [2.05, 4.69) is 10.2 Å². The molecule has 0 saturated heterocycles. The molecule has 4 N–H and O–H groups in total. The molecule has 2 fully saturated rings. The smallest absolute Gasteiger partial charge is 0.338 e. The van der Waals surface area contributed by atoms with Gasteiger partial charge in [-0.05, 0) is 83.9 Å². The summed E-state index contributed by atoms with van der Waals surface area (Å²) in [4.78, 5) is 26.4. The van der Waals surface area contributed by atoms with Gasteiger partial charge >= 0.3 is 11.9 Å². The van der Waals surface area contributed by atoms with Crippen LogP contribution in [0.1, 0.15) is 59.9 Å². The van der Waals surface area contributed by atoms with Crippen molar-refractivity contribution in [3.8, 4) is 0 Å². The van der Waals surface area contributed by atoms with Gasteiger partial charge in [0.05, 0.1) is 17.3 Å². The number of ether oxygens (including phenoxy) is 2. The molecule has 1 aromatic carbocycles. The molecular formula is C24H32ClN3O5. The lowest BCUT2D eigenvalue weighted by Gasteiger charge is -2.35. The molecule has 2 atom stereocenters. The molecule has 0 radical (unpaired) electrons. The monoisotopic (exact) mass is 477 g/mol. The second-order valence-electron chi connectivity index (χ2n) is 11.5. The predicted molar refractivity (Wildman–Crippen MR) is 123 cm³/mol. The summed E-state index contributed by atoms with van der Waals surface area (Å²) >= 11 is 6.27. The van der Waals surface area contributed by atoms with Crippen LogP contribution in [-0.2, 0) is 24.7 Å². The summed E-state index contributed by atoms with van der Waals surface area (Å²) in [6.07, 6.45) is 2.34. The van der Waals surface area contributed by atoms with Crippen LogP contribution in [0.4, 0.5) is 0 Å². The molecule has 2 unspecified atom stereocenters. The van der Waals surface area contributed by atoms with Crippen LogP contribution in [0, 0.1) is 17.8 Å². The summed E-state index contributed by atoms with van der Waals surface area (Å²) in [5, 5.41) is 19.8. The van der Waals surface area contributed by atoms with Gasteiger partial charge in [-0.2, -0.15) is 5.10 Å². The molecule has 2 aliphatic carbocycles. The molecule has 33 heavy (non-hydrogen) atoms. The van der Waals surface area contributed by atoms with E-state index < -0.39 is 40.2 Å². The number of benzene rings is 1. The van der Waals surface area contributed by atoms with Crippen LogP contribution >= 0.6 is 11.6 Å². The minimum absolute atomic E-state index is 0.138.